The second kappa shape index (κ2) is 7.35. The highest BCUT2D eigenvalue weighted by molar-refractivity contribution is 7.89. The number of carbonyl (C=O) groups excluding carboxylic acids is 1. The number of nitrogens with two attached hydrogens (primary N) is 1. The summed E-state index contributed by atoms with van der Waals surface area (Å²) >= 11 is 5.89. The second-order valence-electron chi connectivity index (χ2n) is 5.42. The number of hydrogen-bond acceptors (Lipinski definition) is 3. The molecule has 1 amide bonds. The van der Waals surface area contributed by atoms with Gasteiger partial charge in [0.2, 0.25) is 15.9 Å². The number of amides is 1. The van der Waals surface area contributed by atoms with E-state index in [9.17, 15) is 17.6 Å². The highest BCUT2D eigenvalue weighted by Gasteiger charge is 2.13. The van der Waals surface area contributed by atoms with Crippen LogP contribution in [0.25, 0.3) is 6.08 Å². The zero-order valence-corrected chi connectivity index (χ0v) is 15.1. The van der Waals surface area contributed by atoms with Gasteiger partial charge in [-0.3, -0.25) is 4.79 Å². The van der Waals surface area contributed by atoms with Crippen LogP contribution in [0.1, 0.15) is 16.7 Å². The van der Waals surface area contributed by atoms with Crippen LogP contribution in [0.15, 0.2) is 41.3 Å². The molecule has 5 nitrogen and oxygen atoms in total. The molecule has 2 aromatic rings. The molecule has 0 saturated heterocycles. The summed E-state index contributed by atoms with van der Waals surface area (Å²) in [6, 6.07) is 6.90. The zero-order valence-electron chi connectivity index (χ0n) is 13.5. The molecule has 25 heavy (non-hydrogen) atoms. The van der Waals surface area contributed by atoms with Crippen molar-refractivity contribution >= 4 is 39.3 Å². The predicted molar refractivity (Wildman–Crippen MR) is 96.4 cm³/mol. The number of hydrogen-bond donors (Lipinski definition) is 2. The maximum Gasteiger partial charge on any atom is 0.248 e. The van der Waals surface area contributed by atoms with E-state index in [4.69, 9.17) is 16.7 Å². The first-order valence-electron chi connectivity index (χ1n) is 7.16. The van der Waals surface area contributed by atoms with Gasteiger partial charge in [0.15, 0.2) is 0 Å². The molecule has 0 bridgehead atoms. The van der Waals surface area contributed by atoms with E-state index in [2.05, 4.69) is 5.32 Å². The maximum atomic E-state index is 13.7. The van der Waals surface area contributed by atoms with E-state index >= 15 is 0 Å². The molecule has 0 radical (unpaired) electrons. The van der Waals surface area contributed by atoms with Crippen LogP contribution in [-0.4, -0.2) is 14.3 Å². The molecule has 0 aliphatic rings. The Kier molecular flexibility index (Phi) is 5.62. The van der Waals surface area contributed by atoms with Gasteiger partial charge in [0.1, 0.15) is 5.82 Å². The van der Waals surface area contributed by atoms with Gasteiger partial charge in [-0.15, -0.1) is 0 Å². The van der Waals surface area contributed by atoms with E-state index in [0.717, 1.165) is 6.08 Å². The number of benzene rings is 2. The first kappa shape index (κ1) is 19.1. The third kappa shape index (κ3) is 4.66. The van der Waals surface area contributed by atoms with Crippen molar-refractivity contribution in [3.63, 3.8) is 0 Å². The van der Waals surface area contributed by atoms with Gasteiger partial charge < -0.3 is 5.32 Å². The third-order valence-electron chi connectivity index (χ3n) is 3.63. The molecular weight excluding hydrogens is 367 g/mol. The van der Waals surface area contributed by atoms with Crippen LogP contribution in [0.5, 0.6) is 0 Å². The van der Waals surface area contributed by atoms with Gasteiger partial charge in [0.05, 0.1) is 9.92 Å². The molecular formula is C17H16ClFN2O3S. The van der Waals surface area contributed by atoms with Crippen LogP contribution in [-0.2, 0) is 14.8 Å². The Bertz CT molecular complexity index is 952. The summed E-state index contributed by atoms with van der Waals surface area (Å²) in [5.41, 5.74) is 1.74. The fourth-order valence-corrected chi connectivity index (χ4v) is 2.97. The van der Waals surface area contributed by atoms with Gasteiger partial charge in [0.25, 0.3) is 0 Å². The highest BCUT2D eigenvalue weighted by atomic mass is 35.5. The topological polar surface area (TPSA) is 89.3 Å². The Balaban J connectivity index is 2.29. The number of aryl methyl sites for hydroxylation is 1. The van der Waals surface area contributed by atoms with Crippen molar-refractivity contribution in [2.75, 3.05) is 5.32 Å². The minimum absolute atomic E-state index is 0.0884. The fraction of sp³-hybridized carbons (Fsp3) is 0.118. The summed E-state index contributed by atoms with van der Waals surface area (Å²) in [5.74, 6) is -1.12. The molecule has 0 atom stereocenters. The standard InChI is InChI=1S/C17H16ClFN2O3S/c1-10-8-12(25(20,23)24)9-16(11(10)2)21-17(22)7-6-13-14(18)4-3-5-15(13)19/h3-9H,1-2H3,(H,21,22)(H2,20,23,24)/b7-6+. The van der Waals surface area contributed by atoms with E-state index in [-0.39, 0.29) is 15.5 Å². The van der Waals surface area contributed by atoms with Crippen LogP contribution in [0.2, 0.25) is 5.02 Å². The Morgan fingerprint density at radius 3 is 2.56 bits per heavy atom. The van der Waals surface area contributed by atoms with E-state index < -0.39 is 21.7 Å². The Hall–Kier alpha value is -2.22. The lowest BCUT2D eigenvalue weighted by atomic mass is 10.1. The van der Waals surface area contributed by atoms with E-state index in [0.29, 0.717) is 16.8 Å². The largest absolute Gasteiger partial charge is 0.322 e. The molecule has 0 aliphatic heterocycles. The van der Waals surface area contributed by atoms with Crippen molar-refractivity contribution in [2.45, 2.75) is 18.7 Å². The summed E-state index contributed by atoms with van der Waals surface area (Å²) in [7, 11) is -3.90. The Morgan fingerprint density at radius 2 is 1.96 bits per heavy atom. The number of sulfonamides is 1. The molecule has 0 aliphatic carbocycles. The SMILES string of the molecule is Cc1cc(S(N)(=O)=O)cc(NC(=O)/C=C/c2c(F)cccc2Cl)c1C. The number of anilines is 1. The smallest absolute Gasteiger partial charge is 0.248 e. The minimum atomic E-state index is -3.90. The average molecular weight is 383 g/mol. The lowest BCUT2D eigenvalue weighted by molar-refractivity contribution is -0.111. The number of carbonyl (C=O) groups is 1. The van der Waals surface area contributed by atoms with Crippen molar-refractivity contribution in [1.82, 2.24) is 0 Å². The molecule has 0 aromatic heterocycles. The monoisotopic (exact) mass is 382 g/mol. The van der Waals surface area contributed by atoms with Crippen LogP contribution in [0, 0.1) is 19.7 Å². The summed E-state index contributed by atoms with van der Waals surface area (Å²) in [6.07, 6.45) is 2.36. The quantitative estimate of drug-likeness (QED) is 0.794. The van der Waals surface area contributed by atoms with Gasteiger partial charge in [-0.05, 0) is 55.3 Å². The molecule has 0 spiro atoms. The lowest BCUT2D eigenvalue weighted by Crippen LogP contribution is -2.15. The summed E-state index contributed by atoms with van der Waals surface area (Å²) < 4.78 is 36.7. The van der Waals surface area contributed by atoms with E-state index in [1.807, 2.05) is 0 Å². The Labute approximate surface area is 150 Å². The van der Waals surface area contributed by atoms with Crippen molar-refractivity contribution in [3.8, 4) is 0 Å². The molecule has 0 heterocycles. The number of rotatable bonds is 4. The number of nitrogens with one attached hydrogen (secondary N) is 1. The molecule has 132 valence electrons. The van der Waals surface area contributed by atoms with Crippen molar-refractivity contribution in [1.29, 1.82) is 0 Å². The molecule has 2 rings (SSSR count). The molecule has 2 aromatic carbocycles. The van der Waals surface area contributed by atoms with Crippen molar-refractivity contribution < 1.29 is 17.6 Å². The lowest BCUT2D eigenvalue weighted by Gasteiger charge is -2.11. The predicted octanol–water partition coefficient (Wildman–Crippen LogP) is 3.40. The first-order chi connectivity index (χ1) is 11.6. The first-order valence-corrected chi connectivity index (χ1v) is 9.09. The molecule has 8 heteroatoms. The van der Waals surface area contributed by atoms with E-state index in [1.165, 1.54) is 36.4 Å². The van der Waals surface area contributed by atoms with Crippen LogP contribution < -0.4 is 10.5 Å². The normalized spacial score (nSPS) is 11.7. The van der Waals surface area contributed by atoms with Gasteiger partial charge in [-0.25, -0.2) is 17.9 Å². The van der Waals surface area contributed by atoms with Gasteiger partial charge >= 0.3 is 0 Å². The third-order valence-corrected chi connectivity index (χ3v) is 4.85. The molecule has 0 fully saturated rings. The summed E-state index contributed by atoms with van der Waals surface area (Å²) in [6.45, 7) is 3.43. The van der Waals surface area contributed by atoms with Gasteiger partial charge in [-0.1, -0.05) is 17.7 Å². The highest BCUT2D eigenvalue weighted by Crippen LogP contribution is 2.24. The maximum absolute atomic E-state index is 13.7. The van der Waals surface area contributed by atoms with E-state index in [1.54, 1.807) is 13.8 Å². The van der Waals surface area contributed by atoms with Crippen LogP contribution >= 0.6 is 11.6 Å². The molecule has 3 N–H and O–H groups in total. The zero-order chi connectivity index (χ0) is 18.8. The molecule has 0 saturated carbocycles. The van der Waals surface area contributed by atoms with Gasteiger partial charge in [-0.2, -0.15) is 0 Å². The number of halogens is 2. The average Bonchev–Trinajstić information content (AvgIpc) is 2.50. The fourth-order valence-electron chi connectivity index (χ4n) is 2.12. The van der Waals surface area contributed by atoms with Gasteiger partial charge in [0, 0.05) is 17.3 Å². The van der Waals surface area contributed by atoms with Crippen LogP contribution in [0.3, 0.4) is 0 Å². The second-order valence-corrected chi connectivity index (χ2v) is 7.38. The molecule has 0 unspecified atom stereocenters. The Morgan fingerprint density at radius 1 is 1.28 bits per heavy atom. The summed E-state index contributed by atoms with van der Waals surface area (Å²) in [4.78, 5) is 12.0. The van der Waals surface area contributed by atoms with Crippen molar-refractivity contribution in [2.24, 2.45) is 5.14 Å². The van der Waals surface area contributed by atoms with Crippen LogP contribution in [0.4, 0.5) is 10.1 Å². The van der Waals surface area contributed by atoms with Crippen molar-refractivity contribution in [3.05, 3.63) is 63.9 Å². The number of primary sulfonamides is 1. The minimum Gasteiger partial charge on any atom is -0.322 e. The summed E-state index contributed by atoms with van der Waals surface area (Å²) in [5, 5.41) is 7.87.